The lowest BCUT2D eigenvalue weighted by Gasteiger charge is -2.44. The van der Waals surface area contributed by atoms with Crippen LogP contribution in [-0.4, -0.2) is 6.71 Å². The molecule has 4 heteroatoms. The molecule has 0 bridgehead atoms. The van der Waals surface area contributed by atoms with Crippen LogP contribution in [0.1, 0.15) is 43.6 Å². The zero-order valence-electron chi connectivity index (χ0n) is 31.2. The molecule has 3 nitrogen and oxygen atoms in total. The van der Waals surface area contributed by atoms with Crippen LogP contribution in [0.2, 0.25) is 0 Å². The number of furan rings is 1. The molecule has 3 heterocycles. The highest BCUT2D eigenvalue weighted by Gasteiger charge is 2.43. The summed E-state index contributed by atoms with van der Waals surface area (Å²) in [5, 5.41) is 4.73. The van der Waals surface area contributed by atoms with E-state index in [1.807, 2.05) is 0 Å². The molecule has 56 heavy (non-hydrogen) atoms. The van der Waals surface area contributed by atoms with Crippen LogP contribution in [-0.2, 0) is 0 Å². The largest absolute Gasteiger partial charge is 0.455 e. The topological polar surface area (TPSA) is 19.6 Å². The molecule has 9 aromatic rings. The lowest BCUT2D eigenvalue weighted by Crippen LogP contribution is -2.61. The number of hydrogen-bond acceptors (Lipinski definition) is 3. The second kappa shape index (κ2) is 12.5. The minimum Gasteiger partial charge on any atom is -0.455 e. The maximum atomic E-state index is 6.66. The van der Waals surface area contributed by atoms with Gasteiger partial charge in [-0.05, 0) is 118 Å². The van der Waals surface area contributed by atoms with E-state index in [9.17, 15) is 0 Å². The number of benzene rings is 8. The number of fused-ring (bicyclic) bond motifs is 8. The van der Waals surface area contributed by atoms with Gasteiger partial charge in [-0.25, -0.2) is 0 Å². The second-order valence-corrected chi connectivity index (χ2v) is 15.9. The predicted octanol–water partition coefficient (Wildman–Crippen LogP) is 12.5. The molecular formula is C52H39BN2O. The van der Waals surface area contributed by atoms with Gasteiger partial charge in [-0.2, -0.15) is 0 Å². The van der Waals surface area contributed by atoms with Crippen molar-refractivity contribution in [2.75, 3.05) is 9.80 Å². The first-order valence-electron chi connectivity index (χ1n) is 20.2. The van der Waals surface area contributed by atoms with Crippen LogP contribution < -0.4 is 26.2 Å². The average molecular weight is 719 g/mol. The van der Waals surface area contributed by atoms with Gasteiger partial charge in [-0.1, -0.05) is 128 Å². The summed E-state index contributed by atoms with van der Waals surface area (Å²) >= 11 is 0. The van der Waals surface area contributed by atoms with E-state index >= 15 is 0 Å². The molecular weight excluding hydrogens is 679 g/mol. The number of hydrogen-bond donors (Lipinski definition) is 0. The Morgan fingerprint density at radius 1 is 0.482 bits per heavy atom. The molecule has 1 fully saturated rings. The third kappa shape index (κ3) is 4.72. The quantitative estimate of drug-likeness (QED) is 0.169. The number of para-hydroxylation sites is 4. The van der Waals surface area contributed by atoms with Crippen molar-refractivity contribution >= 4 is 89.9 Å². The van der Waals surface area contributed by atoms with Crippen molar-refractivity contribution in [2.45, 2.75) is 38.0 Å². The van der Waals surface area contributed by atoms with Crippen molar-refractivity contribution < 1.29 is 4.42 Å². The Balaban J connectivity index is 1.09. The van der Waals surface area contributed by atoms with E-state index in [0.29, 0.717) is 5.92 Å². The van der Waals surface area contributed by atoms with Gasteiger partial charge in [-0.15, -0.1) is 0 Å². The molecule has 0 N–H and O–H groups in total. The molecule has 1 saturated carbocycles. The normalized spacial score (nSPS) is 15.0. The third-order valence-corrected chi connectivity index (χ3v) is 12.8. The molecule has 0 unspecified atom stereocenters. The molecule has 0 radical (unpaired) electrons. The van der Waals surface area contributed by atoms with Crippen molar-refractivity contribution in [1.82, 2.24) is 0 Å². The first-order valence-corrected chi connectivity index (χ1v) is 20.2. The van der Waals surface area contributed by atoms with Crippen LogP contribution >= 0.6 is 0 Å². The lowest BCUT2D eigenvalue weighted by molar-refractivity contribution is 0.444. The number of anilines is 6. The van der Waals surface area contributed by atoms with Crippen molar-refractivity contribution in [3.63, 3.8) is 0 Å². The lowest BCUT2D eigenvalue weighted by atomic mass is 9.33. The van der Waals surface area contributed by atoms with E-state index in [2.05, 4.69) is 180 Å². The van der Waals surface area contributed by atoms with Gasteiger partial charge in [0.05, 0.1) is 0 Å². The maximum Gasteiger partial charge on any atom is 0.252 e. The molecule has 266 valence electrons. The highest BCUT2D eigenvalue weighted by Crippen LogP contribution is 2.48. The monoisotopic (exact) mass is 718 g/mol. The van der Waals surface area contributed by atoms with Crippen LogP contribution in [0.5, 0.6) is 0 Å². The van der Waals surface area contributed by atoms with Gasteiger partial charge in [0.15, 0.2) is 0 Å². The predicted molar refractivity (Wildman–Crippen MR) is 237 cm³/mol. The fraction of sp³-hybridized carbons (Fsp3) is 0.115. The molecule has 0 saturated heterocycles. The summed E-state index contributed by atoms with van der Waals surface area (Å²) in [6.45, 7) is 0.125. The van der Waals surface area contributed by atoms with E-state index in [-0.39, 0.29) is 6.71 Å². The number of nitrogens with zero attached hydrogens (tertiary/aromatic N) is 2. The summed E-state index contributed by atoms with van der Waals surface area (Å²) in [6, 6.07) is 62.9. The van der Waals surface area contributed by atoms with E-state index in [1.54, 1.807) is 0 Å². The van der Waals surface area contributed by atoms with E-state index in [1.165, 1.54) is 93.3 Å². The molecule has 0 atom stereocenters. The molecule has 2 aliphatic heterocycles. The molecule has 0 spiro atoms. The highest BCUT2D eigenvalue weighted by atomic mass is 16.3. The number of rotatable bonds is 4. The van der Waals surface area contributed by atoms with Crippen LogP contribution in [0.15, 0.2) is 174 Å². The van der Waals surface area contributed by atoms with Crippen molar-refractivity contribution in [3.8, 4) is 11.1 Å². The standard InChI is InChI=1S/C52H39BN2O/c1-3-15-34(16-4-1)37-32-47-51-48(33-37)55(46-25-13-11-23-44(46)53(51)43-22-10-12-24-45(43)54(47)38-18-5-2-6-19-38)39-29-27-35(28-30-39)50-40-20-8-7-17-36(40)31-42-41-21-9-14-26-49(41)56-52(42)50/h2,5-14,17-34H,1,3-4,15-16H2. The van der Waals surface area contributed by atoms with Crippen molar-refractivity contribution in [3.05, 3.63) is 175 Å². The Hall–Kier alpha value is -6.52. The molecule has 1 aromatic heterocycles. The Bertz CT molecular complexity index is 2980. The van der Waals surface area contributed by atoms with Crippen molar-refractivity contribution in [2.24, 2.45) is 0 Å². The van der Waals surface area contributed by atoms with Gasteiger partial charge in [0, 0.05) is 50.5 Å². The van der Waals surface area contributed by atoms with Crippen LogP contribution in [0.3, 0.4) is 0 Å². The van der Waals surface area contributed by atoms with Crippen LogP contribution in [0, 0.1) is 0 Å². The first-order chi connectivity index (χ1) is 27.8. The van der Waals surface area contributed by atoms with E-state index in [4.69, 9.17) is 4.42 Å². The fourth-order valence-corrected chi connectivity index (χ4v) is 10.3. The van der Waals surface area contributed by atoms with Gasteiger partial charge in [0.1, 0.15) is 11.2 Å². The minimum absolute atomic E-state index is 0.125. The molecule has 12 rings (SSSR count). The van der Waals surface area contributed by atoms with Crippen LogP contribution in [0.4, 0.5) is 34.1 Å². The smallest absolute Gasteiger partial charge is 0.252 e. The molecule has 1 aliphatic carbocycles. The minimum atomic E-state index is 0.125. The zero-order chi connectivity index (χ0) is 36.7. The molecule has 3 aliphatic rings. The highest BCUT2D eigenvalue weighted by molar-refractivity contribution is 7.00. The van der Waals surface area contributed by atoms with Gasteiger partial charge in [0.25, 0.3) is 6.71 Å². The summed E-state index contributed by atoms with van der Waals surface area (Å²) in [6.07, 6.45) is 6.42. The summed E-state index contributed by atoms with van der Waals surface area (Å²) in [5.41, 5.74) is 17.2. The summed E-state index contributed by atoms with van der Waals surface area (Å²) in [5.74, 6) is 0.553. The van der Waals surface area contributed by atoms with Gasteiger partial charge >= 0.3 is 0 Å². The second-order valence-electron chi connectivity index (χ2n) is 15.9. The Morgan fingerprint density at radius 3 is 1.79 bits per heavy atom. The maximum absolute atomic E-state index is 6.66. The SMILES string of the molecule is c1ccc(N2c3ccccc3B3c4ccccc4N(c4ccc(-c5c6ccccc6cc6c5oc5ccccc56)cc4)c4cc(C5CCCCC5)cc2c43)cc1. The fourth-order valence-electron chi connectivity index (χ4n) is 10.3. The zero-order valence-corrected chi connectivity index (χ0v) is 31.2. The Kier molecular flexibility index (Phi) is 7.10. The van der Waals surface area contributed by atoms with E-state index in [0.717, 1.165) is 38.8 Å². The van der Waals surface area contributed by atoms with Gasteiger partial charge in [0.2, 0.25) is 0 Å². The van der Waals surface area contributed by atoms with E-state index < -0.39 is 0 Å². The van der Waals surface area contributed by atoms with Crippen LogP contribution in [0.25, 0.3) is 43.8 Å². The summed E-state index contributed by atoms with van der Waals surface area (Å²) in [4.78, 5) is 5.09. The Labute approximate surface area is 327 Å². The van der Waals surface area contributed by atoms with Crippen molar-refractivity contribution in [1.29, 1.82) is 0 Å². The van der Waals surface area contributed by atoms with Gasteiger partial charge in [-0.3, -0.25) is 0 Å². The summed E-state index contributed by atoms with van der Waals surface area (Å²) in [7, 11) is 0. The summed E-state index contributed by atoms with van der Waals surface area (Å²) < 4.78 is 6.66. The third-order valence-electron chi connectivity index (χ3n) is 12.8. The Morgan fingerprint density at radius 2 is 1.07 bits per heavy atom. The van der Waals surface area contributed by atoms with Gasteiger partial charge < -0.3 is 14.2 Å². The molecule has 8 aromatic carbocycles. The average Bonchev–Trinajstić information content (AvgIpc) is 3.64. The molecule has 0 amide bonds. The first kappa shape index (κ1) is 31.8.